The van der Waals surface area contributed by atoms with E-state index in [4.69, 9.17) is 11.6 Å². The first-order chi connectivity index (χ1) is 16.4. The number of hydrogen-bond acceptors (Lipinski definition) is 4. The summed E-state index contributed by atoms with van der Waals surface area (Å²) >= 11 is 10.9. The monoisotopic (exact) mass is 554 g/mol. The van der Waals surface area contributed by atoms with Crippen molar-refractivity contribution in [2.45, 2.75) is 32.3 Å². The molecule has 0 saturated carbocycles. The molecule has 0 atom stereocenters. The molecule has 0 aliphatic carbocycles. The topological polar surface area (TPSA) is 59.8 Å². The summed E-state index contributed by atoms with van der Waals surface area (Å²) in [5, 5.41) is 13.2. The molecule has 1 amide bonds. The lowest BCUT2D eigenvalue weighted by molar-refractivity contribution is -0.113. The molecule has 174 valence electrons. The van der Waals surface area contributed by atoms with Crippen LogP contribution in [0.3, 0.4) is 0 Å². The van der Waals surface area contributed by atoms with E-state index in [0.717, 1.165) is 39.0 Å². The van der Waals surface area contributed by atoms with Crippen LogP contribution in [0.2, 0.25) is 5.02 Å². The van der Waals surface area contributed by atoms with Crippen LogP contribution in [-0.4, -0.2) is 26.4 Å². The highest BCUT2D eigenvalue weighted by atomic mass is 79.9. The Morgan fingerprint density at radius 1 is 1.03 bits per heavy atom. The van der Waals surface area contributed by atoms with Gasteiger partial charge in [-0.05, 0) is 85.5 Å². The molecule has 0 aliphatic rings. The van der Waals surface area contributed by atoms with Gasteiger partial charge in [0, 0.05) is 26.4 Å². The van der Waals surface area contributed by atoms with Crippen LogP contribution < -0.4 is 5.32 Å². The maximum atomic E-state index is 12.8. The van der Waals surface area contributed by atoms with E-state index in [2.05, 4.69) is 62.6 Å². The van der Waals surface area contributed by atoms with E-state index >= 15 is 0 Å². The third-order valence-corrected chi connectivity index (χ3v) is 7.07. The van der Waals surface area contributed by atoms with E-state index in [-0.39, 0.29) is 11.7 Å². The van der Waals surface area contributed by atoms with E-state index in [1.165, 1.54) is 17.3 Å². The molecule has 0 aliphatic heterocycles. The number of rotatable bonds is 7. The van der Waals surface area contributed by atoms with Crippen LogP contribution in [0.25, 0.3) is 17.1 Å². The van der Waals surface area contributed by atoms with Gasteiger partial charge in [0.25, 0.3) is 0 Å². The molecule has 0 fully saturated rings. The minimum atomic E-state index is -0.0950. The normalized spacial score (nSPS) is 11.0. The number of aryl methyl sites for hydroxylation is 3. The minimum Gasteiger partial charge on any atom is -0.325 e. The largest absolute Gasteiger partial charge is 0.325 e. The predicted octanol–water partition coefficient (Wildman–Crippen LogP) is 7.26. The van der Waals surface area contributed by atoms with Crippen molar-refractivity contribution in [3.8, 4) is 17.1 Å². The second-order valence-corrected chi connectivity index (χ2v) is 10.2. The number of aromatic nitrogens is 3. The number of nitrogens with one attached hydrogen (secondary N) is 1. The molecule has 0 spiro atoms. The van der Waals surface area contributed by atoms with Crippen LogP contribution in [0, 0.1) is 13.8 Å². The van der Waals surface area contributed by atoms with Crippen molar-refractivity contribution < 1.29 is 4.79 Å². The summed E-state index contributed by atoms with van der Waals surface area (Å²) in [4.78, 5) is 12.8. The van der Waals surface area contributed by atoms with Crippen LogP contribution >= 0.6 is 39.3 Å². The lowest BCUT2D eigenvalue weighted by atomic mass is 10.1. The van der Waals surface area contributed by atoms with Gasteiger partial charge in [-0.2, -0.15) is 0 Å². The summed E-state index contributed by atoms with van der Waals surface area (Å²) in [6, 6.07) is 19.8. The average Bonchev–Trinajstić information content (AvgIpc) is 3.24. The molecular formula is C26H24BrClN4OS. The molecular weight excluding hydrogens is 532 g/mol. The van der Waals surface area contributed by atoms with E-state index in [9.17, 15) is 4.79 Å². The van der Waals surface area contributed by atoms with Crippen molar-refractivity contribution in [2.75, 3.05) is 11.1 Å². The molecule has 8 heteroatoms. The van der Waals surface area contributed by atoms with Crippen LogP contribution in [0.15, 0.2) is 70.3 Å². The van der Waals surface area contributed by atoms with E-state index in [0.29, 0.717) is 16.0 Å². The molecule has 0 unspecified atom stereocenters. The molecule has 34 heavy (non-hydrogen) atoms. The third-order valence-electron chi connectivity index (χ3n) is 5.43. The smallest absolute Gasteiger partial charge is 0.234 e. The second kappa shape index (κ2) is 10.8. The van der Waals surface area contributed by atoms with Gasteiger partial charge in [-0.3, -0.25) is 9.36 Å². The van der Waals surface area contributed by atoms with Crippen molar-refractivity contribution in [3.63, 3.8) is 0 Å². The van der Waals surface area contributed by atoms with Gasteiger partial charge in [-0.1, -0.05) is 58.3 Å². The molecule has 3 aromatic carbocycles. The summed E-state index contributed by atoms with van der Waals surface area (Å²) in [5.41, 5.74) is 5.94. The van der Waals surface area contributed by atoms with Crippen LogP contribution in [0.1, 0.15) is 23.6 Å². The molecule has 1 aromatic heterocycles. The lowest BCUT2D eigenvalue weighted by Crippen LogP contribution is -2.16. The first-order valence-corrected chi connectivity index (χ1v) is 13.0. The standard InChI is InChI=1S/C26H24BrClN4OS/c1-4-18-5-11-22(12-6-18)32-25(19-7-9-21(28)10-8-19)30-31-26(32)34-15-23(33)29-24-16(2)13-20(27)14-17(24)3/h5-14H,4,15H2,1-3H3,(H,29,33). The predicted molar refractivity (Wildman–Crippen MR) is 144 cm³/mol. The molecule has 0 bridgehead atoms. The fraction of sp³-hybridized carbons (Fsp3) is 0.192. The van der Waals surface area contributed by atoms with Gasteiger partial charge in [0.05, 0.1) is 5.75 Å². The Bertz CT molecular complexity index is 1300. The number of amides is 1. The molecule has 1 N–H and O–H groups in total. The number of halogens is 2. The van der Waals surface area contributed by atoms with Crippen molar-refractivity contribution in [1.29, 1.82) is 0 Å². The van der Waals surface area contributed by atoms with E-state index in [1.807, 2.05) is 54.8 Å². The molecule has 4 aromatic rings. The summed E-state index contributed by atoms with van der Waals surface area (Å²) in [6.07, 6.45) is 0.961. The number of carbonyl (C=O) groups excluding carboxylic acids is 1. The third kappa shape index (κ3) is 5.54. The molecule has 5 nitrogen and oxygen atoms in total. The lowest BCUT2D eigenvalue weighted by Gasteiger charge is -2.13. The zero-order valence-electron chi connectivity index (χ0n) is 19.1. The summed E-state index contributed by atoms with van der Waals surface area (Å²) < 4.78 is 2.98. The van der Waals surface area contributed by atoms with Crippen molar-refractivity contribution in [2.24, 2.45) is 0 Å². The van der Waals surface area contributed by atoms with Crippen LogP contribution in [-0.2, 0) is 11.2 Å². The van der Waals surface area contributed by atoms with E-state index in [1.54, 1.807) is 0 Å². The number of carbonyl (C=O) groups is 1. The number of benzene rings is 3. The van der Waals surface area contributed by atoms with E-state index < -0.39 is 0 Å². The maximum Gasteiger partial charge on any atom is 0.234 e. The highest BCUT2D eigenvalue weighted by molar-refractivity contribution is 9.10. The van der Waals surface area contributed by atoms with Crippen molar-refractivity contribution >= 4 is 50.9 Å². The quantitative estimate of drug-likeness (QED) is 0.244. The number of anilines is 1. The highest BCUT2D eigenvalue weighted by Crippen LogP contribution is 2.30. The van der Waals surface area contributed by atoms with Gasteiger partial charge in [0.2, 0.25) is 5.91 Å². The summed E-state index contributed by atoms with van der Waals surface area (Å²) in [5.74, 6) is 0.812. The van der Waals surface area contributed by atoms with Crippen molar-refractivity contribution in [3.05, 3.63) is 86.8 Å². The van der Waals surface area contributed by atoms with Gasteiger partial charge in [-0.15, -0.1) is 10.2 Å². The number of hydrogen-bond donors (Lipinski definition) is 1. The van der Waals surface area contributed by atoms with Crippen LogP contribution in [0.4, 0.5) is 5.69 Å². The van der Waals surface area contributed by atoms with Gasteiger partial charge in [0.15, 0.2) is 11.0 Å². The fourth-order valence-corrected chi connectivity index (χ4v) is 5.24. The Kier molecular flexibility index (Phi) is 7.76. The SMILES string of the molecule is CCc1ccc(-n2c(SCC(=O)Nc3c(C)cc(Br)cc3C)nnc2-c2ccc(Cl)cc2)cc1. The summed E-state index contributed by atoms with van der Waals surface area (Å²) in [7, 11) is 0. The molecule has 0 radical (unpaired) electrons. The first kappa shape index (κ1) is 24.5. The Morgan fingerprint density at radius 2 is 1.68 bits per heavy atom. The second-order valence-electron chi connectivity index (χ2n) is 7.92. The number of nitrogens with zero attached hydrogens (tertiary/aromatic N) is 3. The minimum absolute atomic E-state index is 0.0950. The van der Waals surface area contributed by atoms with Gasteiger partial charge in [0.1, 0.15) is 0 Å². The Balaban J connectivity index is 1.61. The summed E-state index contributed by atoms with van der Waals surface area (Å²) in [6.45, 7) is 6.09. The highest BCUT2D eigenvalue weighted by Gasteiger charge is 2.18. The Hall–Kier alpha value is -2.61. The zero-order valence-corrected chi connectivity index (χ0v) is 22.3. The molecule has 1 heterocycles. The van der Waals surface area contributed by atoms with Crippen LogP contribution in [0.5, 0.6) is 0 Å². The Morgan fingerprint density at radius 3 is 2.29 bits per heavy atom. The zero-order chi connectivity index (χ0) is 24.2. The molecule has 4 rings (SSSR count). The number of thioether (sulfide) groups is 1. The molecule has 0 saturated heterocycles. The maximum absolute atomic E-state index is 12.8. The van der Waals surface area contributed by atoms with Gasteiger partial charge < -0.3 is 5.32 Å². The first-order valence-electron chi connectivity index (χ1n) is 10.9. The average molecular weight is 556 g/mol. The fourth-order valence-electron chi connectivity index (χ4n) is 3.68. The van der Waals surface area contributed by atoms with Gasteiger partial charge in [-0.25, -0.2) is 0 Å². The van der Waals surface area contributed by atoms with Gasteiger partial charge >= 0.3 is 0 Å². The van der Waals surface area contributed by atoms with Crippen molar-refractivity contribution in [1.82, 2.24) is 14.8 Å². The Labute approximate surface area is 217 Å².